The van der Waals surface area contributed by atoms with Crippen LogP contribution < -0.4 is 4.74 Å². The van der Waals surface area contributed by atoms with Crippen molar-refractivity contribution in [1.82, 2.24) is 0 Å². The first-order valence-electron chi connectivity index (χ1n) is 6.95. The highest BCUT2D eigenvalue weighted by atomic mass is 79.9. The summed E-state index contributed by atoms with van der Waals surface area (Å²) in [6, 6.07) is 13.7. The van der Waals surface area contributed by atoms with Gasteiger partial charge in [-0.2, -0.15) is 0 Å². The van der Waals surface area contributed by atoms with Gasteiger partial charge in [0.2, 0.25) is 0 Å². The molecule has 1 unspecified atom stereocenters. The highest BCUT2D eigenvalue weighted by molar-refractivity contribution is 9.10. The zero-order chi connectivity index (χ0) is 15.6. The maximum atomic E-state index is 10.8. The van der Waals surface area contributed by atoms with Crippen molar-refractivity contribution in [1.29, 1.82) is 0 Å². The van der Waals surface area contributed by atoms with Gasteiger partial charge in [0.15, 0.2) is 0 Å². The number of hydrogen-bond acceptors (Lipinski definition) is 2. The van der Waals surface area contributed by atoms with Crippen LogP contribution in [0.3, 0.4) is 0 Å². The third-order valence-electron chi connectivity index (χ3n) is 3.55. The van der Waals surface area contributed by atoms with E-state index in [1.807, 2.05) is 36.4 Å². The fraction of sp³-hybridized carbons (Fsp3) is 0.333. The van der Waals surface area contributed by atoms with Crippen molar-refractivity contribution in [2.75, 3.05) is 7.11 Å². The fourth-order valence-electron chi connectivity index (χ4n) is 2.45. The lowest BCUT2D eigenvalue weighted by molar-refractivity contribution is 0.217. The predicted octanol–water partition coefficient (Wildman–Crippen LogP) is 4.84. The molecule has 0 amide bonds. The van der Waals surface area contributed by atoms with Gasteiger partial charge in [0.05, 0.1) is 11.6 Å². The van der Waals surface area contributed by atoms with Gasteiger partial charge >= 0.3 is 0 Å². The Morgan fingerprint density at radius 3 is 2.33 bits per heavy atom. The quantitative estimate of drug-likeness (QED) is 0.859. The largest absolute Gasteiger partial charge is 0.496 e. The van der Waals surface area contributed by atoms with Gasteiger partial charge in [-0.1, -0.05) is 51.1 Å². The molecule has 3 heteroatoms. The van der Waals surface area contributed by atoms with Crippen LogP contribution >= 0.6 is 15.9 Å². The highest BCUT2D eigenvalue weighted by Gasteiger charge is 2.22. The summed E-state index contributed by atoms with van der Waals surface area (Å²) in [5.41, 5.74) is 2.94. The summed E-state index contributed by atoms with van der Waals surface area (Å²) in [6.07, 6.45) is -0.650. The molecule has 0 radical (unpaired) electrons. The predicted molar refractivity (Wildman–Crippen MR) is 89.9 cm³/mol. The first kappa shape index (κ1) is 16.1. The molecule has 0 saturated carbocycles. The summed E-state index contributed by atoms with van der Waals surface area (Å²) in [4.78, 5) is 0. The van der Waals surface area contributed by atoms with Crippen LogP contribution in [0.4, 0.5) is 0 Å². The second-order valence-electron chi connectivity index (χ2n) is 6.13. The molecule has 0 heterocycles. The Kier molecular flexibility index (Phi) is 4.74. The van der Waals surface area contributed by atoms with E-state index in [0.717, 1.165) is 26.9 Å². The molecule has 2 aromatic rings. The highest BCUT2D eigenvalue weighted by Crippen LogP contribution is 2.35. The van der Waals surface area contributed by atoms with E-state index < -0.39 is 6.10 Å². The first-order chi connectivity index (χ1) is 9.84. The monoisotopic (exact) mass is 348 g/mol. The second kappa shape index (κ2) is 6.20. The van der Waals surface area contributed by atoms with Crippen molar-refractivity contribution in [3.05, 3.63) is 63.6 Å². The maximum absolute atomic E-state index is 10.8. The SMILES string of the molecule is COc1ccc(C(O)c2ccccc2C(C)(C)C)cc1Br. The van der Waals surface area contributed by atoms with Gasteiger partial charge in [0.25, 0.3) is 0 Å². The minimum atomic E-state index is -0.650. The van der Waals surface area contributed by atoms with Gasteiger partial charge in [0, 0.05) is 0 Å². The summed E-state index contributed by atoms with van der Waals surface area (Å²) in [7, 11) is 1.63. The van der Waals surface area contributed by atoms with Crippen LogP contribution in [0.1, 0.15) is 43.6 Å². The van der Waals surface area contributed by atoms with Gasteiger partial charge in [-0.05, 0) is 50.2 Å². The van der Waals surface area contributed by atoms with E-state index in [1.54, 1.807) is 7.11 Å². The zero-order valence-corrected chi connectivity index (χ0v) is 14.4. The second-order valence-corrected chi connectivity index (χ2v) is 6.99. The van der Waals surface area contributed by atoms with E-state index >= 15 is 0 Å². The van der Waals surface area contributed by atoms with Crippen LogP contribution in [0.5, 0.6) is 5.75 Å². The van der Waals surface area contributed by atoms with Gasteiger partial charge in [-0.3, -0.25) is 0 Å². The average Bonchev–Trinajstić information content (AvgIpc) is 2.45. The third-order valence-corrected chi connectivity index (χ3v) is 4.17. The summed E-state index contributed by atoms with van der Waals surface area (Å²) >= 11 is 3.47. The molecule has 2 aromatic carbocycles. The molecule has 0 saturated heterocycles. The summed E-state index contributed by atoms with van der Waals surface area (Å²) in [5.74, 6) is 0.759. The van der Waals surface area contributed by atoms with E-state index in [2.05, 4.69) is 42.8 Å². The Balaban J connectivity index is 2.45. The third kappa shape index (κ3) is 3.47. The van der Waals surface area contributed by atoms with Crippen LogP contribution in [0.2, 0.25) is 0 Å². The normalized spacial score (nSPS) is 13.0. The Hall–Kier alpha value is -1.32. The van der Waals surface area contributed by atoms with Crippen LogP contribution in [0.15, 0.2) is 46.9 Å². The lowest BCUT2D eigenvalue weighted by Gasteiger charge is -2.25. The molecule has 112 valence electrons. The first-order valence-corrected chi connectivity index (χ1v) is 7.75. The zero-order valence-electron chi connectivity index (χ0n) is 12.9. The number of aliphatic hydroxyl groups excluding tert-OH is 1. The van der Waals surface area contributed by atoms with Gasteiger partial charge < -0.3 is 9.84 Å². The number of aliphatic hydroxyl groups is 1. The smallest absolute Gasteiger partial charge is 0.133 e. The molecule has 1 atom stereocenters. The van der Waals surface area contributed by atoms with Crippen molar-refractivity contribution >= 4 is 15.9 Å². The van der Waals surface area contributed by atoms with Crippen molar-refractivity contribution in [2.24, 2.45) is 0 Å². The minimum absolute atomic E-state index is 0.0126. The van der Waals surface area contributed by atoms with E-state index in [9.17, 15) is 5.11 Å². The topological polar surface area (TPSA) is 29.5 Å². The molecular weight excluding hydrogens is 328 g/mol. The van der Waals surface area contributed by atoms with Crippen LogP contribution in [0, 0.1) is 0 Å². The molecule has 1 N–H and O–H groups in total. The average molecular weight is 349 g/mol. The number of ether oxygens (including phenoxy) is 1. The van der Waals surface area contributed by atoms with Crippen molar-refractivity contribution in [3.63, 3.8) is 0 Å². The number of halogens is 1. The molecule has 2 nitrogen and oxygen atoms in total. The van der Waals surface area contributed by atoms with Gasteiger partial charge in [-0.15, -0.1) is 0 Å². The summed E-state index contributed by atoms with van der Waals surface area (Å²) in [6.45, 7) is 6.47. The minimum Gasteiger partial charge on any atom is -0.496 e. The summed E-state index contributed by atoms with van der Waals surface area (Å²) < 4.78 is 6.08. The summed E-state index contributed by atoms with van der Waals surface area (Å²) in [5, 5.41) is 10.8. The molecule has 2 rings (SSSR count). The van der Waals surface area contributed by atoms with Crippen LogP contribution in [0.25, 0.3) is 0 Å². The van der Waals surface area contributed by atoms with Crippen LogP contribution in [-0.4, -0.2) is 12.2 Å². The molecule has 0 bridgehead atoms. The molecule has 21 heavy (non-hydrogen) atoms. The van der Waals surface area contributed by atoms with Gasteiger partial charge in [0.1, 0.15) is 11.9 Å². The van der Waals surface area contributed by atoms with E-state index in [4.69, 9.17) is 4.74 Å². The Bertz CT molecular complexity index is 629. The lowest BCUT2D eigenvalue weighted by atomic mass is 9.81. The van der Waals surface area contributed by atoms with E-state index in [0.29, 0.717) is 0 Å². The number of benzene rings is 2. The van der Waals surface area contributed by atoms with Crippen molar-refractivity contribution in [3.8, 4) is 5.75 Å². The fourth-order valence-corrected chi connectivity index (χ4v) is 3.01. The Labute approximate surface area is 134 Å². The number of hydrogen-bond donors (Lipinski definition) is 1. The van der Waals surface area contributed by atoms with Crippen molar-refractivity contribution < 1.29 is 9.84 Å². The van der Waals surface area contributed by atoms with E-state index in [1.165, 1.54) is 0 Å². The molecule has 0 fully saturated rings. The molecular formula is C18H21BrO2. The molecule has 0 aliphatic carbocycles. The molecule has 0 aromatic heterocycles. The number of methoxy groups -OCH3 is 1. The van der Waals surface area contributed by atoms with Gasteiger partial charge in [-0.25, -0.2) is 0 Å². The standard InChI is InChI=1S/C18H21BrO2/c1-18(2,3)14-8-6-5-7-13(14)17(20)12-9-10-16(21-4)15(19)11-12/h5-11,17,20H,1-4H3. The molecule has 0 aliphatic heterocycles. The van der Waals surface area contributed by atoms with Crippen LogP contribution in [-0.2, 0) is 5.41 Å². The lowest BCUT2D eigenvalue weighted by Crippen LogP contribution is -2.16. The molecule has 0 aliphatic rings. The Morgan fingerprint density at radius 2 is 1.76 bits per heavy atom. The van der Waals surface area contributed by atoms with E-state index in [-0.39, 0.29) is 5.41 Å². The molecule has 0 spiro atoms. The Morgan fingerprint density at radius 1 is 1.10 bits per heavy atom. The van der Waals surface area contributed by atoms with Crippen molar-refractivity contribution in [2.45, 2.75) is 32.3 Å². The maximum Gasteiger partial charge on any atom is 0.133 e. The number of rotatable bonds is 3.